The Hall–Kier alpha value is -1.92. The molecule has 0 fully saturated rings. The van der Waals surface area contributed by atoms with Gasteiger partial charge in [0.2, 0.25) is 5.69 Å². The largest absolute Gasteiger partial charge is 0.364 e. The number of amides is 1. The van der Waals surface area contributed by atoms with Crippen molar-refractivity contribution in [3.8, 4) is 0 Å². The van der Waals surface area contributed by atoms with Crippen molar-refractivity contribution >= 4 is 11.6 Å². The second-order valence-corrected chi connectivity index (χ2v) is 2.53. The van der Waals surface area contributed by atoms with Crippen molar-refractivity contribution < 1.29 is 9.72 Å². The zero-order valence-corrected chi connectivity index (χ0v) is 7.14. The maximum atomic E-state index is 10.7. The Morgan fingerprint density at radius 2 is 2.23 bits per heavy atom. The Morgan fingerprint density at radius 3 is 2.54 bits per heavy atom. The molecule has 1 rings (SSSR count). The number of aryl methyl sites for hydroxylation is 1. The van der Waals surface area contributed by atoms with E-state index < -0.39 is 10.8 Å². The predicted octanol–water partition coefficient (Wildman–Crippen LogP) is -0.264. The number of rotatable bonds is 2. The zero-order valence-electron chi connectivity index (χ0n) is 7.14. The van der Waals surface area contributed by atoms with Gasteiger partial charge in [-0.15, -0.1) is 0 Å². The van der Waals surface area contributed by atoms with Gasteiger partial charge in [0, 0.05) is 7.05 Å². The van der Waals surface area contributed by atoms with Crippen LogP contribution in [0.1, 0.15) is 16.2 Å². The van der Waals surface area contributed by atoms with Crippen LogP contribution in [0.4, 0.5) is 5.69 Å². The van der Waals surface area contributed by atoms with Crippen LogP contribution < -0.4 is 5.73 Å². The molecule has 7 nitrogen and oxygen atoms in total. The van der Waals surface area contributed by atoms with E-state index in [4.69, 9.17) is 5.73 Å². The molecule has 13 heavy (non-hydrogen) atoms. The van der Waals surface area contributed by atoms with Gasteiger partial charge in [-0.2, -0.15) is 5.10 Å². The number of hydrogen-bond acceptors (Lipinski definition) is 4. The predicted molar refractivity (Wildman–Crippen MR) is 43.1 cm³/mol. The van der Waals surface area contributed by atoms with E-state index in [1.165, 1.54) is 18.7 Å². The minimum atomic E-state index is -0.893. The number of carbonyl (C=O) groups is 1. The molecule has 0 aromatic carbocycles. The van der Waals surface area contributed by atoms with Crippen molar-refractivity contribution in [2.75, 3.05) is 0 Å². The van der Waals surface area contributed by atoms with E-state index in [1.54, 1.807) is 0 Å². The maximum absolute atomic E-state index is 10.7. The van der Waals surface area contributed by atoms with Gasteiger partial charge in [-0.3, -0.25) is 19.6 Å². The van der Waals surface area contributed by atoms with E-state index in [0.717, 1.165) is 0 Å². The standard InChI is InChI=1S/C6H8N4O3/c1-3-5(10(12)13)4(6(7)11)8-9(3)2/h1-2H3,(H2,7,11). The molecule has 7 heteroatoms. The highest BCUT2D eigenvalue weighted by Crippen LogP contribution is 2.20. The summed E-state index contributed by atoms with van der Waals surface area (Å²) >= 11 is 0. The third-order valence-electron chi connectivity index (χ3n) is 1.72. The highest BCUT2D eigenvalue weighted by molar-refractivity contribution is 5.95. The minimum absolute atomic E-state index is 0.301. The van der Waals surface area contributed by atoms with Crippen LogP contribution in [0.3, 0.4) is 0 Å². The van der Waals surface area contributed by atoms with Crippen LogP contribution in [0.5, 0.6) is 0 Å². The van der Waals surface area contributed by atoms with E-state index >= 15 is 0 Å². The highest BCUT2D eigenvalue weighted by atomic mass is 16.6. The molecule has 0 aliphatic carbocycles. The summed E-state index contributed by atoms with van der Waals surface area (Å²) in [6, 6.07) is 0. The van der Waals surface area contributed by atoms with E-state index in [-0.39, 0.29) is 11.4 Å². The number of nitro groups is 1. The van der Waals surface area contributed by atoms with Gasteiger partial charge in [-0.1, -0.05) is 0 Å². The summed E-state index contributed by atoms with van der Waals surface area (Å²) in [6.45, 7) is 1.50. The van der Waals surface area contributed by atoms with E-state index in [2.05, 4.69) is 5.10 Å². The molecule has 0 spiro atoms. The molecule has 1 aromatic heterocycles. The van der Waals surface area contributed by atoms with E-state index in [0.29, 0.717) is 5.69 Å². The zero-order chi connectivity index (χ0) is 10.2. The molecule has 0 aliphatic rings. The summed E-state index contributed by atoms with van der Waals surface area (Å²) in [5, 5.41) is 14.1. The molecule has 0 saturated carbocycles. The van der Waals surface area contributed by atoms with Gasteiger partial charge >= 0.3 is 5.69 Å². The van der Waals surface area contributed by atoms with Crippen LogP contribution in [-0.4, -0.2) is 20.6 Å². The Balaban J connectivity index is 3.44. The molecule has 0 atom stereocenters. The summed E-state index contributed by atoms with van der Waals surface area (Å²) in [5.74, 6) is -0.893. The van der Waals surface area contributed by atoms with Crippen LogP contribution in [0.25, 0.3) is 0 Å². The van der Waals surface area contributed by atoms with Crippen LogP contribution >= 0.6 is 0 Å². The topological polar surface area (TPSA) is 104 Å². The average molecular weight is 184 g/mol. The molecular weight excluding hydrogens is 176 g/mol. The van der Waals surface area contributed by atoms with Crippen molar-refractivity contribution in [2.45, 2.75) is 6.92 Å². The molecular formula is C6H8N4O3. The lowest BCUT2D eigenvalue weighted by Crippen LogP contribution is -2.13. The van der Waals surface area contributed by atoms with Crippen molar-refractivity contribution in [3.63, 3.8) is 0 Å². The number of carbonyl (C=O) groups excluding carboxylic acids is 1. The van der Waals surface area contributed by atoms with Gasteiger partial charge in [0.15, 0.2) is 0 Å². The lowest BCUT2D eigenvalue weighted by molar-refractivity contribution is -0.385. The molecule has 1 heterocycles. The SMILES string of the molecule is Cc1c([N+](=O)[O-])c(C(N)=O)nn1C. The minimum Gasteiger partial charge on any atom is -0.364 e. The van der Waals surface area contributed by atoms with Gasteiger partial charge in [0.1, 0.15) is 5.69 Å². The van der Waals surface area contributed by atoms with E-state index in [1.807, 2.05) is 0 Å². The summed E-state index contributed by atoms with van der Waals surface area (Å²) in [6.07, 6.45) is 0. The molecule has 0 saturated heterocycles. The van der Waals surface area contributed by atoms with Gasteiger partial charge in [-0.05, 0) is 6.92 Å². The van der Waals surface area contributed by atoms with Crippen LogP contribution in [-0.2, 0) is 7.05 Å². The number of aromatic nitrogens is 2. The van der Waals surface area contributed by atoms with Crippen LogP contribution in [0.15, 0.2) is 0 Å². The van der Waals surface area contributed by atoms with Crippen molar-refractivity contribution in [1.82, 2.24) is 9.78 Å². The van der Waals surface area contributed by atoms with Gasteiger partial charge < -0.3 is 5.73 Å². The van der Waals surface area contributed by atoms with Gasteiger partial charge in [0.25, 0.3) is 5.91 Å². The second-order valence-electron chi connectivity index (χ2n) is 2.53. The Bertz CT molecular complexity index is 381. The fourth-order valence-corrected chi connectivity index (χ4v) is 0.982. The molecule has 70 valence electrons. The third-order valence-corrected chi connectivity index (χ3v) is 1.72. The van der Waals surface area contributed by atoms with Crippen molar-refractivity contribution in [2.24, 2.45) is 12.8 Å². The number of hydrogen-bond donors (Lipinski definition) is 1. The monoisotopic (exact) mass is 184 g/mol. The fourth-order valence-electron chi connectivity index (χ4n) is 0.982. The molecule has 0 aliphatic heterocycles. The number of nitrogens with two attached hydrogens (primary N) is 1. The summed E-state index contributed by atoms with van der Waals surface area (Å²) in [4.78, 5) is 20.6. The quantitative estimate of drug-likeness (QED) is 0.504. The normalized spacial score (nSPS) is 10.0. The average Bonchev–Trinajstić information content (AvgIpc) is 2.28. The lowest BCUT2D eigenvalue weighted by Gasteiger charge is -1.90. The third kappa shape index (κ3) is 1.35. The first-order valence-electron chi connectivity index (χ1n) is 3.43. The Labute approximate surface area is 73.3 Å². The molecule has 0 radical (unpaired) electrons. The van der Waals surface area contributed by atoms with Crippen LogP contribution in [0.2, 0.25) is 0 Å². The molecule has 0 bridgehead atoms. The van der Waals surface area contributed by atoms with Crippen molar-refractivity contribution in [3.05, 3.63) is 21.5 Å². The van der Waals surface area contributed by atoms with Gasteiger partial charge in [0.05, 0.1) is 4.92 Å². The molecule has 1 aromatic rings. The summed E-state index contributed by atoms with van der Waals surface area (Å²) < 4.78 is 1.25. The highest BCUT2D eigenvalue weighted by Gasteiger charge is 2.26. The Morgan fingerprint density at radius 1 is 1.69 bits per heavy atom. The molecule has 1 amide bonds. The summed E-state index contributed by atoms with van der Waals surface area (Å²) in [7, 11) is 1.51. The summed E-state index contributed by atoms with van der Waals surface area (Å²) in [5.41, 5.74) is 4.59. The first-order valence-corrected chi connectivity index (χ1v) is 3.43. The lowest BCUT2D eigenvalue weighted by atomic mass is 10.3. The van der Waals surface area contributed by atoms with E-state index in [9.17, 15) is 14.9 Å². The molecule has 0 unspecified atom stereocenters. The first-order chi connectivity index (χ1) is 5.95. The van der Waals surface area contributed by atoms with Crippen LogP contribution in [0, 0.1) is 17.0 Å². The second kappa shape index (κ2) is 2.85. The number of primary amides is 1. The maximum Gasteiger partial charge on any atom is 0.322 e. The van der Waals surface area contributed by atoms with Gasteiger partial charge in [-0.25, -0.2) is 0 Å². The molecule has 2 N–H and O–H groups in total. The number of nitrogens with zero attached hydrogens (tertiary/aromatic N) is 3. The smallest absolute Gasteiger partial charge is 0.322 e. The first kappa shape index (κ1) is 9.17. The Kier molecular flexibility index (Phi) is 2.01. The fraction of sp³-hybridized carbons (Fsp3) is 0.333. The van der Waals surface area contributed by atoms with Crippen molar-refractivity contribution in [1.29, 1.82) is 0 Å².